The number of anilines is 1. The first kappa shape index (κ1) is 15.3. The summed E-state index contributed by atoms with van der Waals surface area (Å²) in [4.78, 5) is 3.73. The summed E-state index contributed by atoms with van der Waals surface area (Å²) >= 11 is 0. The van der Waals surface area contributed by atoms with Gasteiger partial charge in [0.15, 0.2) is 0 Å². The van der Waals surface area contributed by atoms with Crippen LogP contribution in [-0.2, 0) is 12.7 Å². The Labute approximate surface area is 114 Å². The van der Waals surface area contributed by atoms with Crippen molar-refractivity contribution in [2.75, 3.05) is 12.4 Å². The van der Waals surface area contributed by atoms with Crippen LogP contribution in [0.15, 0.2) is 30.9 Å². The number of nitrogens with one attached hydrogen (secondary N) is 1. The van der Waals surface area contributed by atoms with Crippen molar-refractivity contribution in [3.63, 3.8) is 0 Å². The molecule has 0 aromatic carbocycles. The van der Waals surface area contributed by atoms with Gasteiger partial charge in [0.1, 0.15) is 0 Å². The van der Waals surface area contributed by atoms with E-state index in [0.29, 0.717) is 0 Å². The zero-order valence-electron chi connectivity index (χ0n) is 9.98. The standard InChI is InChI=1S/C11H11F3N4.ClH/c1-15-9-5-17-18(7-9)6-8-4-16-3-2-10(8)11(12,13)14;/h2-5,7,15H,6H2,1H3;1H. The maximum atomic E-state index is 12.8. The van der Waals surface area contributed by atoms with Gasteiger partial charge in [-0.2, -0.15) is 18.3 Å². The van der Waals surface area contributed by atoms with Gasteiger partial charge in [-0.3, -0.25) is 9.67 Å². The van der Waals surface area contributed by atoms with Crippen molar-refractivity contribution in [2.24, 2.45) is 0 Å². The number of alkyl halides is 3. The Morgan fingerprint density at radius 3 is 2.63 bits per heavy atom. The van der Waals surface area contributed by atoms with Crippen molar-refractivity contribution in [1.29, 1.82) is 0 Å². The van der Waals surface area contributed by atoms with E-state index in [1.165, 1.54) is 10.9 Å². The highest BCUT2D eigenvalue weighted by atomic mass is 35.5. The van der Waals surface area contributed by atoms with Crippen LogP contribution in [0.4, 0.5) is 18.9 Å². The summed E-state index contributed by atoms with van der Waals surface area (Å²) in [6.45, 7) is 0.0321. The zero-order chi connectivity index (χ0) is 13.2. The van der Waals surface area contributed by atoms with E-state index >= 15 is 0 Å². The number of halogens is 4. The molecule has 0 amide bonds. The number of pyridine rings is 1. The summed E-state index contributed by atoms with van der Waals surface area (Å²) < 4.78 is 39.7. The molecule has 0 bridgehead atoms. The van der Waals surface area contributed by atoms with Gasteiger partial charge in [-0.15, -0.1) is 12.4 Å². The molecule has 8 heteroatoms. The molecule has 0 atom stereocenters. The molecule has 0 saturated heterocycles. The Hall–Kier alpha value is -1.76. The van der Waals surface area contributed by atoms with Crippen LogP contribution in [0.3, 0.4) is 0 Å². The molecule has 0 fully saturated rings. The van der Waals surface area contributed by atoms with Crippen LogP contribution >= 0.6 is 12.4 Å². The predicted molar refractivity (Wildman–Crippen MR) is 67.4 cm³/mol. The molecule has 104 valence electrons. The molecule has 0 spiro atoms. The van der Waals surface area contributed by atoms with Crippen LogP contribution in [0.1, 0.15) is 11.1 Å². The maximum Gasteiger partial charge on any atom is 0.416 e. The van der Waals surface area contributed by atoms with Gasteiger partial charge < -0.3 is 5.32 Å². The van der Waals surface area contributed by atoms with Gasteiger partial charge in [0, 0.05) is 31.2 Å². The van der Waals surface area contributed by atoms with Crippen LogP contribution in [-0.4, -0.2) is 21.8 Å². The summed E-state index contributed by atoms with van der Waals surface area (Å²) in [6, 6.07) is 0.970. The van der Waals surface area contributed by atoms with Crippen molar-refractivity contribution >= 4 is 18.1 Å². The SMILES string of the molecule is CNc1cnn(Cc2cnccc2C(F)(F)F)c1.Cl. The minimum Gasteiger partial charge on any atom is -0.386 e. The molecule has 0 aliphatic carbocycles. The molecule has 2 aromatic rings. The van der Waals surface area contributed by atoms with E-state index in [1.807, 2.05) is 0 Å². The number of nitrogens with zero attached hydrogens (tertiary/aromatic N) is 3. The molecule has 0 radical (unpaired) electrons. The van der Waals surface area contributed by atoms with Crippen LogP contribution < -0.4 is 5.32 Å². The second-order valence-corrected chi connectivity index (χ2v) is 3.71. The first-order valence-corrected chi connectivity index (χ1v) is 5.21. The summed E-state index contributed by atoms with van der Waals surface area (Å²) in [5.74, 6) is 0. The van der Waals surface area contributed by atoms with E-state index in [1.54, 1.807) is 19.4 Å². The van der Waals surface area contributed by atoms with Gasteiger partial charge in [0.2, 0.25) is 0 Å². The first-order valence-electron chi connectivity index (χ1n) is 5.21. The molecule has 19 heavy (non-hydrogen) atoms. The fourth-order valence-corrected chi connectivity index (χ4v) is 1.58. The first-order chi connectivity index (χ1) is 8.50. The number of hydrogen-bond acceptors (Lipinski definition) is 3. The Morgan fingerprint density at radius 1 is 1.32 bits per heavy atom. The number of hydrogen-bond donors (Lipinski definition) is 1. The van der Waals surface area contributed by atoms with Gasteiger partial charge in [-0.05, 0) is 6.07 Å². The maximum absolute atomic E-state index is 12.8. The van der Waals surface area contributed by atoms with E-state index in [0.717, 1.165) is 18.0 Å². The number of rotatable bonds is 3. The molecule has 0 saturated carbocycles. The second kappa shape index (κ2) is 5.92. The Morgan fingerprint density at radius 2 is 2.05 bits per heavy atom. The molecule has 0 unspecified atom stereocenters. The van der Waals surface area contributed by atoms with Crippen LogP contribution in [0.2, 0.25) is 0 Å². The highest BCUT2D eigenvalue weighted by molar-refractivity contribution is 5.85. The fraction of sp³-hybridized carbons (Fsp3) is 0.273. The highest BCUT2D eigenvalue weighted by Crippen LogP contribution is 2.31. The Bertz CT molecular complexity index is 539. The quantitative estimate of drug-likeness (QED) is 0.946. The van der Waals surface area contributed by atoms with E-state index in [4.69, 9.17) is 0 Å². The largest absolute Gasteiger partial charge is 0.416 e. The van der Waals surface area contributed by atoms with Gasteiger partial charge in [-0.25, -0.2) is 0 Å². The minimum atomic E-state index is -4.38. The number of aromatic nitrogens is 3. The van der Waals surface area contributed by atoms with Crippen molar-refractivity contribution in [1.82, 2.24) is 14.8 Å². The zero-order valence-corrected chi connectivity index (χ0v) is 10.8. The average molecular weight is 293 g/mol. The summed E-state index contributed by atoms with van der Waals surface area (Å²) in [7, 11) is 1.71. The summed E-state index contributed by atoms with van der Waals surface area (Å²) in [5, 5.41) is 6.82. The van der Waals surface area contributed by atoms with Crippen LogP contribution in [0.25, 0.3) is 0 Å². The van der Waals surface area contributed by atoms with Crippen molar-refractivity contribution in [3.8, 4) is 0 Å². The molecule has 0 aliphatic heterocycles. The van der Waals surface area contributed by atoms with Crippen LogP contribution in [0.5, 0.6) is 0 Å². The van der Waals surface area contributed by atoms with Gasteiger partial charge >= 0.3 is 6.18 Å². The molecule has 0 aliphatic rings. The molecular formula is C11H12ClF3N4. The topological polar surface area (TPSA) is 42.7 Å². The van der Waals surface area contributed by atoms with E-state index in [2.05, 4.69) is 15.4 Å². The van der Waals surface area contributed by atoms with Crippen molar-refractivity contribution < 1.29 is 13.2 Å². The lowest BCUT2D eigenvalue weighted by molar-refractivity contribution is -0.138. The lowest BCUT2D eigenvalue weighted by Crippen LogP contribution is -2.12. The smallest absolute Gasteiger partial charge is 0.386 e. The Kier molecular flexibility index (Phi) is 4.77. The lowest BCUT2D eigenvalue weighted by Gasteiger charge is -2.11. The molecule has 2 heterocycles. The van der Waals surface area contributed by atoms with Gasteiger partial charge in [0.05, 0.1) is 24.0 Å². The predicted octanol–water partition coefficient (Wildman–Crippen LogP) is 2.81. The van der Waals surface area contributed by atoms with Gasteiger partial charge in [0.25, 0.3) is 0 Å². The van der Waals surface area contributed by atoms with E-state index < -0.39 is 11.7 Å². The Balaban J connectivity index is 0.00000180. The van der Waals surface area contributed by atoms with Crippen LogP contribution in [0, 0.1) is 0 Å². The summed E-state index contributed by atoms with van der Waals surface area (Å²) in [6.07, 6.45) is 1.14. The molecular weight excluding hydrogens is 281 g/mol. The average Bonchev–Trinajstić information content (AvgIpc) is 2.76. The minimum absolute atomic E-state index is 0. The summed E-state index contributed by atoms with van der Waals surface area (Å²) in [5.41, 5.74) is 0.155. The van der Waals surface area contributed by atoms with Gasteiger partial charge in [-0.1, -0.05) is 0 Å². The molecule has 2 rings (SSSR count). The normalized spacial score (nSPS) is 10.9. The third-order valence-electron chi connectivity index (χ3n) is 2.46. The molecule has 2 aromatic heterocycles. The monoisotopic (exact) mass is 292 g/mol. The van der Waals surface area contributed by atoms with E-state index in [-0.39, 0.29) is 24.5 Å². The molecule has 4 nitrogen and oxygen atoms in total. The van der Waals surface area contributed by atoms with E-state index in [9.17, 15) is 13.2 Å². The second-order valence-electron chi connectivity index (χ2n) is 3.71. The fourth-order valence-electron chi connectivity index (χ4n) is 1.58. The third kappa shape index (κ3) is 3.60. The van der Waals surface area contributed by atoms with Crippen molar-refractivity contribution in [3.05, 3.63) is 42.0 Å². The lowest BCUT2D eigenvalue weighted by atomic mass is 10.1. The molecule has 1 N–H and O–H groups in total. The third-order valence-corrected chi connectivity index (χ3v) is 2.46. The van der Waals surface area contributed by atoms with Crippen molar-refractivity contribution in [2.45, 2.75) is 12.7 Å². The highest BCUT2D eigenvalue weighted by Gasteiger charge is 2.33.